The molecule has 35 heavy (non-hydrogen) atoms. The van der Waals surface area contributed by atoms with E-state index in [1.54, 1.807) is 4.90 Å². The van der Waals surface area contributed by atoms with E-state index in [4.69, 9.17) is 19.3 Å². The van der Waals surface area contributed by atoms with Gasteiger partial charge in [-0.2, -0.15) is 0 Å². The Morgan fingerprint density at radius 3 is 2.34 bits per heavy atom. The van der Waals surface area contributed by atoms with E-state index in [0.29, 0.717) is 26.1 Å². The molecule has 5 rings (SSSR count). The summed E-state index contributed by atoms with van der Waals surface area (Å²) < 4.78 is 16.4. The summed E-state index contributed by atoms with van der Waals surface area (Å²) in [5, 5.41) is 11.4. The molecule has 0 aromatic heterocycles. The maximum Gasteiger partial charge on any atom is 0.407 e. The first-order valence-corrected chi connectivity index (χ1v) is 11.8. The van der Waals surface area contributed by atoms with E-state index in [2.05, 4.69) is 29.6 Å². The number of carboxylic acid groups (broad SMARTS) is 1. The molecule has 0 unspecified atom stereocenters. The number of rotatable bonds is 8. The standard InChI is InChI=1S/C26H28N2O7/c29-24(30)15-34-18-11-28(12-18)25(31)16-9-17(33-13-16)10-27-26(32)35-14-23-21-7-3-1-5-19(21)20-6-2-4-8-22(20)23/h1-8,16-18,23H,9-15H2,(H,27,32)(H,29,30)/t16-,17-/m0/s1. The van der Waals surface area contributed by atoms with Crippen molar-refractivity contribution in [2.45, 2.75) is 24.5 Å². The van der Waals surface area contributed by atoms with Crippen molar-refractivity contribution >= 4 is 18.0 Å². The van der Waals surface area contributed by atoms with E-state index in [1.807, 2.05) is 24.3 Å². The molecular formula is C26H28N2O7. The number of ether oxygens (including phenoxy) is 3. The molecule has 1 aliphatic carbocycles. The van der Waals surface area contributed by atoms with Crippen LogP contribution >= 0.6 is 0 Å². The van der Waals surface area contributed by atoms with Crippen LogP contribution in [0.1, 0.15) is 23.5 Å². The second-order valence-corrected chi connectivity index (χ2v) is 9.16. The van der Waals surface area contributed by atoms with Gasteiger partial charge in [-0.15, -0.1) is 0 Å². The van der Waals surface area contributed by atoms with Gasteiger partial charge in [-0.1, -0.05) is 48.5 Å². The monoisotopic (exact) mass is 480 g/mol. The maximum atomic E-state index is 12.6. The number of carbonyl (C=O) groups is 3. The summed E-state index contributed by atoms with van der Waals surface area (Å²) in [5.41, 5.74) is 4.66. The quantitative estimate of drug-likeness (QED) is 0.596. The summed E-state index contributed by atoms with van der Waals surface area (Å²) in [6.45, 7) is 1.24. The Morgan fingerprint density at radius 2 is 1.69 bits per heavy atom. The van der Waals surface area contributed by atoms with Gasteiger partial charge in [-0.25, -0.2) is 9.59 Å². The summed E-state index contributed by atoms with van der Waals surface area (Å²) in [6, 6.07) is 16.3. The van der Waals surface area contributed by atoms with Gasteiger partial charge in [0.25, 0.3) is 0 Å². The van der Waals surface area contributed by atoms with E-state index in [0.717, 1.165) is 11.1 Å². The van der Waals surface area contributed by atoms with Crippen LogP contribution in [0.4, 0.5) is 4.79 Å². The van der Waals surface area contributed by atoms with Crippen LogP contribution < -0.4 is 5.32 Å². The zero-order chi connectivity index (χ0) is 24.4. The highest BCUT2D eigenvalue weighted by molar-refractivity contribution is 5.80. The zero-order valence-electron chi connectivity index (χ0n) is 19.2. The van der Waals surface area contributed by atoms with Crippen molar-refractivity contribution in [1.29, 1.82) is 0 Å². The predicted molar refractivity (Wildman–Crippen MR) is 125 cm³/mol. The highest BCUT2D eigenvalue weighted by atomic mass is 16.5. The summed E-state index contributed by atoms with van der Waals surface area (Å²) >= 11 is 0. The summed E-state index contributed by atoms with van der Waals surface area (Å²) in [6.07, 6.45) is -0.487. The molecule has 2 aromatic carbocycles. The van der Waals surface area contributed by atoms with Gasteiger partial charge in [0.05, 0.1) is 24.7 Å². The van der Waals surface area contributed by atoms with Crippen LogP contribution in [0.15, 0.2) is 48.5 Å². The van der Waals surface area contributed by atoms with Crippen LogP contribution in [0.3, 0.4) is 0 Å². The van der Waals surface area contributed by atoms with Crippen molar-refractivity contribution in [3.8, 4) is 11.1 Å². The van der Waals surface area contributed by atoms with Crippen LogP contribution in [0.25, 0.3) is 11.1 Å². The lowest BCUT2D eigenvalue weighted by molar-refractivity contribution is -0.156. The molecule has 0 radical (unpaired) electrons. The third-order valence-electron chi connectivity index (χ3n) is 6.85. The minimum atomic E-state index is -1.02. The molecule has 9 nitrogen and oxygen atoms in total. The SMILES string of the molecule is O=C(O)COC1CN(C(=O)[C@@H]2CO[C@H](CNC(=O)OCC3c4ccccc4-c4ccccc43)C2)C1. The smallest absolute Gasteiger partial charge is 0.407 e. The summed E-state index contributed by atoms with van der Waals surface area (Å²) in [4.78, 5) is 37.2. The van der Waals surface area contributed by atoms with Crippen molar-refractivity contribution in [3.05, 3.63) is 59.7 Å². The molecule has 2 fully saturated rings. The van der Waals surface area contributed by atoms with Crippen molar-refractivity contribution in [2.24, 2.45) is 5.92 Å². The molecule has 2 heterocycles. The molecule has 2 aliphatic heterocycles. The maximum absolute atomic E-state index is 12.6. The molecule has 3 aliphatic rings. The average Bonchev–Trinajstić information content (AvgIpc) is 3.43. The topological polar surface area (TPSA) is 114 Å². The number of benzene rings is 2. The number of fused-ring (bicyclic) bond motifs is 3. The first kappa shape index (κ1) is 23.3. The van der Waals surface area contributed by atoms with Crippen molar-refractivity contribution in [3.63, 3.8) is 0 Å². The molecule has 2 amide bonds. The van der Waals surface area contributed by atoms with Crippen molar-refractivity contribution < 1.29 is 33.7 Å². The minimum absolute atomic E-state index is 0.00212. The van der Waals surface area contributed by atoms with E-state index in [1.165, 1.54) is 11.1 Å². The molecule has 184 valence electrons. The van der Waals surface area contributed by atoms with E-state index < -0.39 is 12.1 Å². The van der Waals surface area contributed by atoms with Gasteiger partial charge >= 0.3 is 12.1 Å². The Labute approximate surface area is 203 Å². The molecule has 2 aromatic rings. The first-order valence-electron chi connectivity index (χ1n) is 11.8. The van der Waals surface area contributed by atoms with Gasteiger partial charge in [0, 0.05) is 25.6 Å². The number of alkyl carbamates (subject to hydrolysis) is 1. The van der Waals surface area contributed by atoms with Gasteiger partial charge in [0.1, 0.15) is 13.2 Å². The Bertz CT molecular complexity index is 1070. The Morgan fingerprint density at radius 1 is 1.03 bits per heavy atom. The molecule has 2 saturated heterocycles. The van der Waals surface area contributed by atoms with Crippen molar-refractivity contribution in [2.75, 3.05) is 39.5 Å². The second-order valence-electron chi connectivity index (χ2n) is 9.16. The van der Waals surface area contributed by atoms with Crippen LogP contribution in [0.5, 0.6) is 0 Å². The number of carbonyl (C=O) groups excluding carboxylic acids is 2. The average molecular weight is 481 g/mol. The first-order chi connectivity index (χ1) is 17.0. The number of amides is 2. The number of likely N-dealkylation sites (tertiary alicyclic amines) is 1. The predicted octanol–water partition coefficient (Wildman–Crippen LogP) is 2.24. The van der Waals surface area contributed by atoms with Gasteiger partial charge in [-0.05, 0) is 28.7 Å². The fourth-order valence-electron chi connectivity index (χ4n) is 5.04. The fourth-order valence-corrected chi connectivity index (χ4v) is 5.04. The minimum Gasteiger partial charge on any atom is -0.480 e. The van der Waals surface area contributed by atoms with E-state index in [9.17, 15) is 14.4 Å². The fraction of sp³-hybridized carbons (Fsp3) is 0.423. The van der Waals surface area contributed by atoms with E-state index in [-0.39, 0.29) is 49.7 Å². The lowest BCUT2D eigenvalue weighted by atomic mass is 9.98. The molecule has 9 heteroatoms. The normalized spacial score (nSPS) is 21.2. The highest BCUT2D eigenvalue weighted by Gasteiger charge is 2.39. The Hall–Kier alpha value is -3.43. The molecule has 0 spiro atoms. The number of hydrogen-bond acceptors (Lipinski definition) is 6. The van der Waals surface area contributed by atoms with Gasteiger partial charge in [-0.3, -0.25) is 4.79 Å². The lowest BCUT2D eigenvalue weighted by Gasteiger charge is -2.39. The Kier molecular flexibility index (Phi) is 6.70. The number of nitrogens with one attached hydrogen (secondary N) is 1. The third-order valence-corrected chi connectivity index (χ3v) is 6.85. The van der Waals surface area contributed by atoms with Crippen LogP contribution in [-0.4, -0.2) is 79.6 Å². The Balaban J connectivity index is 1.05. The van der Waals surface area contributed by atoms with Crippen LogP contribution in [-0.2, 0) is 23.8 Å². The van der Waals surface area contributed by atoms with E-state index >= 15 is 0 Å². The van der Waals surface area contributed by atoms with Crippen LogP contribution in [0.2, 0.25) is 0 Å². The molecule has 0 saturated carbocycles. The van der Waals surface area contributed by atoms with Crippen LogP contribution in [0, 0.1) is 5.92 Å². The summed E-state index contributed by atoms with van der Waals surface area (Å²) in [5.74, 6) is -1.32. The number of hydrogen-bond donors (Lipinski definition) is 2. The number of carboxylic acids is 1. The largest absolute Gasteiger partial charge is 0.480 e. The molecule has 0 bridgehead atoms. The third kappa shape index (κ3) is 5.01. The molecule has 2 atom stereocenters. The lowest BCUT2D eigenvalue weighted by Crippen LogP contribution is -2.56. The molecular weight excluding hydrogens is 452 g/mol. The van der Waals surface area contributed by atoms with Gasteiger partial charge in [0.15, 0.2) is 0 Å². The van der Waals surface area contributed by atoms with Crippen molar-refractivity contribution in [1.82, 2.24) is 10.2 Å². The zero-order valence-corrected chi connectivity index (χ0v) is 19.2. The number of aliphatic carboxylic acids is 1. The molecule has 2 N–H and O–H groups in total. The summed E-state index contributed by atoms with van der Waals surface area (Å²) in [7, 11) is 0. The highest BCUT2D eigenvalue weighted by Crippen LogP contribution is 2.44. The van der Waals surface area contributed by atoms with Gasteiger partial charge in [0.2, 0.25) is 5.91 Å². The second kappa shape index (κ2) is 10.1. The number of nitrogens with zero attached hydrogens (tertiary/aromatic N) is 1. The van der Waals surface area contributed by atoms with Gasteiger partial charge < -0.3 is 29.5 Å².